The third kappa shape index (κ3) is 32.6. The molecule has 0 saturated heterocycles. The molecule has 0 aliphatic heterocycles. The molecule has 0 fully saturated rings. The number of hydrogen-bond acceptors (Lipinski definition) is 3. The molecule has 0 unspecified atom stereocenters. The number of nitrogens with zero attached hydrogens (tertiary/aromatic N) is 1. The van der Waals surface area contributed by atoms with Gasteiger partial charge in [-0.1, -0.05) is 71.1 Å². The van der Waals surface area contributed by atoms with Gasteiger partial charge in [-0.25, -0.2) is 0 Å². The van der Waals surface area contributed by atoms with Gasteiger partial charge in [0, 0.05) is 12.4 Å². The summed E-state index contributed by atoms with van der Waals surface area (Å²) < 4.78 is 1.12. The first-order valence-corrected chi connectivity index (χ1v) is 11.4. The Labute approximate surface area is 174 Å². The molecule has 5 heteroatoms. The van der Waals surface area contributed by atoms with Gasteiger partial charge in [0.15, 0.2) is 0 Å². The predicted molar refractivity (Wildman–Crippen MR) is 115 cm³/mol. The van der Waals surface area contributed by atoms with E-state index < -0.39 is 11.9 Å². The van der Waals surface area contributed by atoms with Crippen LogP contribution in [0, 0.1) is 0 Å². The van der Waals surface area contributed by atoms with E-state index in [1.807, 2.05) is 0 Å². The van der Waals surface area contributed by atoms with Crippen molar-refractivity contribution in [3.8, 4) is 0 Å². The van der Waals surface area contributed by atoms with Gasteiger partial charge >= 0.3 is 5.97 Å². The Kier molecular flexibility index (Phi) is 21.4. The molecule has 28 heavy (non-hydrogen) atoms. The van der Waals surface area contributed by atoms with Crippen molar-refractivity contribution in [1.82, 2.24) is 0 Å². The van der Waals surface area contributed by atoms with Crippen LogP contribution in [0.3, 0.4) is 0 Å². The van der Waals surface area contributed by atoms with Gasteiger partial charge in [0.25, 0.3) is 0 Å². The van der Waals surface area contributed by atoms with Crippen molar-refractivity contribution in [3.63, 3.8) is 0 Å². The third-order valence-corrected chi connectivity index (χ3v) is 4.70. The van der Waals surface area contributed by atoms with Crippen molar-refractivity contribution in [3.05, 3.63) is 0 Å². The average molecular weight is 402 g/mol. The highest BCUT2D eigenvalue weighted by Crippen LogP contribution is 2.12. The lowest BCUT2D eigenvalue weighted by atomic mass is 10.1. The second kappa shape index (κ2) is 20.6. The average Bonchev–Trinajstić information content (AvgIpc) is 2.59. The molecule has 0 aliphatic carbocycles. The number of carbonyl (C=O) groups excluding carboxylic acids is 1. The summed E-state index contributed by atoms with van der Waals surface area (Å²) in [5.74, 6) is -2.01. The lowest BCUT2D eigenvalue weighted by Crippen LogP contribution is -2.35. The van der Waals surface area contributed by atoms with Crippen LogP contribution < -0.4 is 5.11 Å². The van der Waals surface area contributed by atoms with Crippen LogP contribution in [-0.4, -0.2) is 49.2 Å². The fraction of sp³-hybridized carbons (Fsp3) is 0.913. The van der Waals surface area contributed by atoms with Crippen LogP contribution in [0.2, 0.25) is 0 Å². The SMILES string of the molecule is CCCCCCCCCCCCCC[N+](C)(C)C.O=C([O-])CCCCC(=O)O. The van der Waals surface area contributed by atoms with Crippen LogP contribution in [-0.2, 0) is 9.59 Å². The monoisotopic (exact) mass is 401 g/mol. The highest BCUT2D eigenvalue weighted by molar-refractivity contribution is 5.67. The number of unbranched alkanes of at least 4 members (excludes halogenated alkanes) is 12. The lowest BCUT2D eigenvalue weighted by molar-refractivity contribution is -0.870. The van der Waals surface area contributed by atoms with E-state index in [-0.39, 0.29) is 12.8 Å². The molecule has 1 N–H and O–H groups in total. The first-order chi connectivity index (χ1) is 13.2. The molecular weight excluding hydrogens is 354 g/mol. The molecule has 0 saturated carbocycles. The van der Waals surface area contributed by atoms with Crippen LogP contribution in [0.1, 0.15) is 110 Å². The maximum Gasteiger partial charge on any atom is 0.303 e. The van der Waals surface area contributed by atoms with E-state index >= 15 is 0 Å². The van der Waals surface area contributed by atoms with Gasteiger partial charge in [0.05, 0.1) is 27.7 Å². The summed E-state index contributed by atoms with van der Waals surface area (Å²) in [5.41, 5.74) is 0. The summed E-state index contributed by atoms with van der Waals surface area (Å²) in [4.78, 5) is 19.7. The fourth-order valence-electron chi connectivity index (χ4n) is 2.97. The van der Waals surface area contributed by atoms with Gasteiger partial charge in [-0.2, -0.15) is 0 Å². The van der Waals surface area contributed by atoms with Gasteiger partial charge in [0.1, 0.15) is 0 Å². The van der Waals surface area contributed by atoms with Crippen molar-refractivity contribution < 1.29 is 24.3 Å². The molecule has 0 rings (SSSR count). The molecule has 0 radical (unpaired) electrons. The molecule has 0 heterocycles. The summed E-state index contributed by atoms with van der Waals surface area (Å²) in [7, 11) is 6.87. The van der Waals surface area contributed by atoms with Crippen molar-refractivity contribution in [2.45, 2.75) is 110 Å². The molecular formula is C23H47NO4. The Bertz CT molecular complexity index is 348. The Balaban J connectivity index is 0. The molecule has 0 amide bonds. The Hall–Kier alpha value is -1.10. The minimum absolute atomic E-state index is 0.0350. The quantitative estimate of drug-likeness (QED) is 0.265. The minimum Gasteiger partial charge on any atom is -0.550 e. The maximum atomic E-state index is 9.88. The topological polar surface area (TPSA) is 77.4 Å². The van der Waals surface area contributed by atoms with Crippen LogP contribution >= 0.6 is 0 Å². The minimum atomic E-state index is -1.12. The smallest absolute Gasteiger partial charge is 0.303 e. The summed E-state index contributed by atoms with van der Waals surface area (Å²) in [6.45, 7) is 3.62. The number of carboxylic acids is 2. The number of quaternary nitrogens is 1. The van der Waals surface area contributed by atoms with Gasteiger partial charge in [0.2, 0.25) is 0 Å². The van der Waals surface area contributed by atoms with E-state index in [1.54, 1.807) is 0 Å². The summed E-state index contributed by atoms with van der Waals surface area (Å²) in [5, 5.41) is 17.9. The number of rotatable bonds is 18. The fourth-order valence-corrected chi connectivity index (χ4v) is 2.97. The van der Waals surface area contributed by atoms with Crippen molar-refractivity contribution in [1.29, 1.82) is 0 Å². The second-order valence-electron chi connectivity index (χ2n) is 8.88. The molecule has 0 spiro atoms. The molecule has 0 aliphatic rings. The van der Waals surface area contributed by atoms with Crippen molar-refractivity contribution in [2.24, 2.45) is 0 Å². The second-order valence-corrected chi connectivity index (χ2v) is 8.88. The van der Waals surface area contributed by atoms with Gasteiger partial charge in [-0.15, -0.1) is 0 Å². The molecule has 0 bridgehead atoms. The zero-order valence-corrected chi connectivity index (χ0v) is 19.1. The van der Waals surface area contributed by atoms with Crippen molar-refractivity contribution in [2.75, 3.05) is 27.7 Å². The largest absolute Gasteiger partial charge is 0.550 e. The molecule has 0 atom stereocenters. The van der Waals surface area contributed by atoms with E-state index in [1.165, 1.54) is 83.6 Å². The Morgan fingerprint density at radius 3 is 1.43 bits per heavy atom. The van der Waals surface area contributed by atoms with Gasteiger partial charge in [-0.3, -0.25) is 4.79 Å². The summed E-state index contributed by atoms with van der Waals surface area (Å²) >= 11 is 0. The Morgan fingerprint density at radius 2 is 1.07 bits per heavy atom. The van der Waals surface area contributed by atoms with Crippen LogP contribution in [0.15, 0.2) is 0 Å². The standard InChI is InChI=1S/C17H38N.C6H10O4/c1-5-6-7-8-9-10-11-12-13-14-15-16-17-18(2,3)4;7-5(8)3-1-2-4-6(9)10/h5-17H2,1-4H3;1-4H2,(H,7,8)(H,9,10)/q+1;/p-1. The third-order valence-electron chi connectivity index (χ3n) is 4.70. The molecule has 0 aromatic rings. The van der Waals surface area contributed by atoms with E-state index in [0.29, 0.717) is 12.8 Å². The van der Waals surface area contributed by atoms with E-state index in [4.69, 9.17) is 5.11 Å². The van der Waals surface area contributed by atoms with Crippen molar-refractivity contribution >= 4 is 11.9 Å². The van der Waals surface area contributed by atoms with Crippen LogP contribution in [0.25, 0.3) is 0 Å². The number of carbonyl (C=O) groups is 2. The normalized spacial score (nSPS) is 11.0. The summed E-state index contributed by atoms with van der Waals surface area (Å²) in [6, 6.07) is 0. The number of aliphatic carboxylic acids is 2. The van der Waals surface area contributed by atoms with E-state index in [0.717, 1.165) is 4.48 Å². The van der Waals surface area contributed by atoms with Gasteiger partial charge < -0.3 is 19.5 Å². The molecule has 5 nitrogen and oxygen atoms in total. The highest BCUT2D eigenvalue weighted by atomic mass is 16.4. The van der Waals surface area contributed by atoms with Crippen LogP contribution in [0.4, 0.5) is 0 Å². The van der Waals surface area contributed by atoms with Crippen LogP contribution in [0.5, 0.6) is 0 Å². The van der Waals surface area contributed by atoms with E-state index in [2.05, 4.69) is 28.1 Å². The number of hydrogen-bond donors (Lipinski definition) is 1. The zero-order chi connectivity index (χ0) is 21.7. The molecule has 0 aromatic carbocycles. The predicted octanol–water partition coefficient (Wildman–Crippen LogP) is 4.78. The maximum absolute atomic E-state index is 9.88. The number of carboxylic acid groups (broad SMARTS) is 2. The Morgan fingerprint density at radius 1 is 0.679 bits per heavy atom. The lowest BCUT2D eigenvalue weighted by Gasteiger charge is -2.23. The summed E-state index contributed by atoms with van der Waals surface area (Å²) in [6.07, 6.45) is 18.2. The zero-order valence-electron chi connectivity index (χ0n) is 19.1. The highest BCUT2D eigenvalue weighted by Gasteiger charge is 2.04. The first kappa shape index (κ1) is 29.1. The molecule has 0 aromatic heterocycles. The first-order valence-electron chi connectivity index (χ1n) is 11.4. The van der Waals surface area contributed by atoms with E-state index in [9.17, 15) is 14.7 Å². The van der Waals surface area contributed by atoms with Gasteiger partial charge in [-0.05, 0) is 32.1 Å². The molecule has 168 valence electrons.